The molecule has 0 aliphatic rings. The molecule has 1 N–H and O–H groups in total. The predicted molar refractivity (Wildman–Crippen MR) is 97.6 cm³/mol. The molecule has 122 valence electrons. The van der Waals surface area contributed by atoms with Crippen molar-refractivity contribution in [1.82, 2.24) is 9.88 Å². The maximum Gasteiger partial charge on any atom is 0.224 e. The number of rotatable bonds is 5. The number of benzene rings is 2. The van der Waals surface area contributed by atoms with Crippen LogP contribution in [-0.2, 0) is 24.8 Å². The van der Waals surface area contributed by atoms with Gasteiger partial charge in [-0.3, -0.25) is 4.79 Å². The van der Waals surface area contributed by atoms with Gasteiger partial charge in [-0.1, -0.05) is 54.6 Å². The highest BCUT2D eigenvalue weighted by molar-refractivity contribution is 5.78. The monoisotopic (exact) mass is 318 g/mol. The molecule has 0 saturated heterocycles. The fourth-order valence-electron chi connectivity index (χ4n) is 2.73. The normalized spacial score (nSPS) is 10.6. The number of nitrogens with one attached hydrogen (secondary N) is 1. The Hall–Kier alpha value is -2.81. The Morgan fingerprint density at radius 1 is 0.917 bits per heavy atom. The molecule has 0 radical (unpaired) electrons. The molecule has 0 bridgehead atoms. The van der Waals surface area contributed by atoms with Gasteiger partial charge in [0.2, 0.25) is 5.91 Å². The summed E-state index contributed by atoms with van der Waals surface area (Å²) in [5.41, 5.74) is 5.68. The Balaban J connectivity index is 1.57. The van der Waals surface area contributed by atoms with Gasteiger partial charge < -0.3 is 9.88 Å². The van der Waals surface area contributed by atoms with E-state index in [1.165, 1.54) is 16.8 Å². The van der Waals surface area contributed by atoms with Crippen LogP contribution in [0.2, 0.25) is 0 Å². The molecule has 3 rings (SSSR count). The number of carbonyl (C=O) groups is 1. The second-order valence-electron chi connectivity index (χ2n) is 6.04. The van der Waals surface area contributed by atoms with Crippen LogP contribution in [0, 0.1) is 6.92 Å². The lowest BCUT2D eigenvalue weighted by Crippen LogP contribution is -2.25. The van der Waals surface area contributed by atoms with Gasteiger partial charge >= 0.3 is 0 Å². The third-order valence-electron chi connectivity index (χ3n) is 4.37. The summed E-state index contributed by atoms with van der Waals surface area (Å²) in [5, 5.41) is 2.99. The first kappa shape index (κ1) is 16.1. The van der Waals surface area contributed by atoms with Gasteiger partial charge in [0.25, 0.3) is 0 Å². The van der Waals surface area contributed by atoms with E-state index in [9.17, 15) is 4.79 Å². The number of aryl methyl sites for hydroxylation is 1. The minimum Gasteiger partial charge on any atom is -0.350 e. The molecule has 0 saturated carbocycles. The van der Waals surface area contributed by atoms with E-state index < -0.39 is 0 Å². The smallest absolute Gasteiger partial charge is 0.224 e. The summed E-state index contributed by atoms with van der Waals surface area (Å²) in [5.74, 6) is 0.0429. The topological polar surface area (TPSA) is 34.0 Å². The second kappa shape index (κ2) is 7.18. The van der Waals surface area contributed by atoms with Crippen molar-refractivity contribution in [1.29, 1.82) is 0 Å². The molecule has 3 nitrogen and oxygen atoms in total. The molecule has 0 aliphatic carbocycles. The first-order chi connectivity index (χ1) is 11.6. The minimum absolute atomic E-state index is 0.0429. The Kier molecular flexibility index (Phi) is 4.80. The molecule has 1 aromatic heterocycles. The average molecular weight is 318 g/mol. The summed E-state index contributed by atoms with van der Waals surface area (Å²) < 4.78 is 2.09. The Morgan fingerprint density at radius 2 is 1.58 bits per heavy atom. The molecule has 0 unspecified atom stereocenters. The highest BCUT2D eigenvalue weighted by Crippen LogP contribution is 2.19. The standard InChI is InChI=1S/C21H22N2O/c1-16-8-13-20(23(16)2)15-22-21(24)14-17-9-11-19(12-10-17)18-6-4-3-5-7-18/h3-13H,14-15H2,1-2H3,(H,22,24). The number of nitrogens with zero attached hydrogens (tertiary/aromatic N) is 1. The molecule has 24 heavy (non-hydrogen) atoms. The highest BCUT2D eigenvalue weighted by atomic mass is 16.1. The van der Waals surface area contributed by atoms with Crippen molar-refractivity contribution in [2.75, 3.05) is 0 Å². The van der Waals surface area contributed by atoms with Crippen LogP contribution in [0.15, 0.2) is 66.7 Å². The van der Waals surface area contributed by atoms with Crippen molar-refractivity contribution in [3.05, 3.63) is 83.7 Å². The molecule has 0 spiro atoms. The summed E-state index contributed by atoms with van der Waals surface area (Å²) in [7, 11) is 2.01. The highest BCUT2D eigenvalue weighted by Gasteiger charge is 2.06. The molecule has 2 aromatic carbocycles. The van der Waals surface area contributed by atoms with Crippen LogP contribution in [0.1, 0.15) is 17.0 Å². The third kappa shape index (κ3) is 3.74. The van der Waals surface area contributed by atoms with Crippen molar-refractivity contribution in [2.45, 2.75) is 19.9 Å². The van der Waals surface area contributed by atoms with Crippen molar-refractivity contribution < 1.29 is 4.79 Å². The number of hydrogen-bond acceptors (Lipinski definition) is 1. The maximum absolute atomic E-state index is 12.1. The lowest BCUT2D eigenvalue weighted by atomic mass is 10.0. The van der Waals surface area contributed by atoms with E-state index in [-0.39, 0.29) is 5.91 Å². The summed E-state index contributed by atoms with van der Waals surface area (Å²) >= 11 is 0. The molecular formula is C21H22N2O. The molecule has 1 heterocycles. The van der Waals surface area contributed by atoms with E-state index in [4.69, 9.17) is 0 Å². The van der Waals surface area contributed by atoms with Gasteiger partial charge in [0.1, 0.15) is 0 Å². The van der Waals surface area contributed by atoms with Crippen LogP contribution >= 0.6 is 0 Å². The fourth-order valence-corrected chi connectivity index (χ4v) is 2.73. The van der Waals surface area contributed by atoms with Crippen molar-refractivity contribution in [3.8, 4) is 11.1 Å². The Bertz CT molecular complexity index is 817. The van der Waals surface area contributed by atoms with Crippen molar-refractivity contribution >= 4 is 5.91 Å². The zero-order chi connectivity index (χ0) is 16.9. The Morgan fingerprint density at radius 3 is 2.21 bits per heavy atom. The van der Waals surface area contributed by atoms with Gasteiger partial charge in [0.15, 0.2) is 0 Å². The van der Waals surface area contributed by atoms with E-state index in [1.807, 2.05) is 43.4 Å². The van der Waals surface area contributed by atoms with Crippen LogP contribution < -0.4 is 5.32 Å². The quantitative estimate of drug-likeness (QED) is 0.761. The zero-order valence-electron chi connectivity index (χ0n) is 14.1. The summed E-state index contributed by atoms with van der Waals surface area (Å²) in [4.78, 5) is 12.1. The number of aromatic nitrogens is 1. The average Bonchev–Trinajstić information content (AvgIpc) is 2.93. The summed E-state index contributed by atoms with van der Waals surface area (Å²) in [6.45, 7) is 2.62. The molecule has 3 heteroatoms. The predicted octanol–water partition coefficient (Wildman–Crippen LogP) is 3.86. The lowest BCUT2D eigenvalue weighted by Gasteiger charge is -2.08. The van der Waals surface area contributed by atoms with E-state index >= 15 is 0 Å². The van der Waals surface area contributed by atoms with Gasteiger partial charge in [-0.15, -0.1) is 0 Å². The zero-order valence-corrected chi connectivity index (χ0v) is 14.1. The van der Waals surface area contributed by atoms with E-state index in [0.29, 0.717) is 13.0 Å². The fraction of sp³-hybridized carbons (Fsp3) is 0.190. The maximum atomic E-state index is 12.1. The van der Waals surface area contributed by atoms with Crippen LogP contribution in [0.3, 0.4) is 0 Å². The van der Waals surface area contributed by atoms with E-state index in [1.54, 1.807) is 0 Å². The van der Waals surface area contributed by atoms with Crippen molar-refractivity contribution in [2.24, 2.45) is 7.05 Å². The van der Waals surface area contributed by atoms with Crippen LogP contribution in [0.5, 0.6) is 0 Å². The minimum atomic E-state index is 0.0429. The third-order valence-corrected chi connectivity index (χ3v) is 4.37. The second-order valence-corrected chi connectivity index (χ2v) is 6.04. The molecule has 1 amide bonds. The SMILES string of the molecule is Cc1ccc(CNC(=O)Cc2ccc(-c3ccccc3)cc2)n1C. The van der Waals surface area contributed by atoms with Crippen LogP contribution in [0.4, 0.5) is 0 Å². The molecule has 0 fully saturated rings. The number of hydrogen-bond donors (Lipinski definition) is 1. The van der Waals surface area contributed by atoms with Gasteiger partial charge in [0, 0.05) is 18.4 Å². The molecule has 3 aromatic rings. The first-order valence-electron chi connectivity index (χ1n) is 8.16. The summed E-state index contributed by atoms with van der Waals surface area (Å²) in [6.07, 6.45) is 0.401. The number of amides is 1. The largest absolute Gasteiger partial charge is 0.350 e. The molecule has 0 atom stereocenters. The van der Waals surface area contributed by atoms with Gasteiger partial charge in [-0.2, -0.15) is 0 Å². The van der Waals surface area contributed by atoms with Crippen molar-refractivity contribution in [3.63, 3.8) is 0 Å². The number of carbonyl (C=O) groups excluding carboxylic acids is 1. The first-order valence-corrected chi connectivity index (χ1v) is 8.16. The van der Waals surface area contributed by atoms with Gasteiger partial charge in [-0.25, -0.2) is 0 Å². The molecule has 0 aliphatic heterocycles. The van der Waals surface area contributed by atoms with E-state index in [2.05, 4.69) is 47.1 Å². The Labute approximate surface area is 143 Å². The van der Waals surface area contributed by atoms with E-state index in [0.717, 1.165) is 11.3 Å². The summed E-state index contributed by atoms with van der Waals surface area (Å²) in [6, 6.07) is 22.5. The molecular weight excluding hydrogens is 296 g/mol. The van der Waals surface area contributed by atoms with Gasteiger partial charge in [-0.05, 0) is 35.7 Å². The van der Waals surface area contributed by atoms with Gasteiger partial charge in [0.05, 0.1) is 13.0 Å². The lowest BCUT2D eigenvalue weighted by molar-refractivity contribution is -0.120. The van der Waals surface area contributed by atoms with Crippen LogP contribution in [0.25, 0.3) is 11.1 Å². The van der Waals surface area contributed by atoms with Crippen LogP contribution in [-0.4, -0.2) is 10.5 Å².